The lowest BCUT2D eigenvalue weighted by molar-refractivity contribution is 0.0256. The molecule has 0 unspecified atom stereocenters. The summed E-state index contributed by atoms with van der Waals surface area (Å²) < 4.78 is 6.17. The van der Waals surface area contributed by atoms with E-state index in [0.717, 1.165) is 36.0 Å². The summed E-state index contributed by atoms with van der Waals surface area (Å²) in [6.45, 7) is 0. The summed E-state index contributed by atoms with van der Waals surface area (Å²) >= 11 is 3.17. The number of pyridine rings is 1. The first-order chi connectivity index (χ1) is 11.5. The SMILES string of the molecule is N=C1CCC(OC(=O)c2ccccc2)CC1.Nc1cccc(Br)n1. The third-order valence-electron chi connectivity index (χ3n) is 3.56. The number of aromatic nitrogens is 1. The summed E-state index contributed by atoms with van der Waals surface area (Å²) in [6.07, 6.45) is 3.08. The van der Waals surface area contributed by atoms with Gasteiger partial charge < -0.3 is 15.9 Å². The van der Waals surface area contributed by atoms with E-state index >= 15 is 0 Å². The standard InChI is InChI=1S/C13H15NO2.C5H5BrN2/c14-11-6-8-12(9-7-11)16-13(15)10-4-2-1-3-5-10;6-4-2-1-3-5(7)8-4/h1-5,12,14H,6-9H2;1-3H,(H2,7,8). The number of nitrogens with zero attached hydrogens (tertiary/aromatic N) is 1. The minimum Gasteiger partial charge on any atom is -0.459 e. The second-order valence-corrected chi connectivity index (χ2v) is 6.27. The van der Waals surface area contributed by atoms with Gasteiger partial charge in [-0.25, -0.2) is 9.78 Å². The van der Waals surface area contributed by atoms with Crippen molar-refractivity contribution in [3.8, 4) is 0 Å². The summed E-state index contributed by atoms with van der Waals surface area (Å²) in [5, 5.41) is 7.48. The lowest BCUT2D eigenvalue weighted by Gasteiger charge is -2.22. The number of anilines is 1. The molecule has 0 bridgehead atoms. The summed E-state index contributed by atoms with van der Waals surface area (Å²) in [5.41, 5.74) is 6.69. The van der Waals surface area contributed by atoms with Crippen LogP contribution in [0.3, 0.4) is 0 Å². The van der Waals surface area contributed by atoms with E-state index in [-0.39, 0.29) is 12.1 Å². The number of hydrogen-bond acceptors (Lipinski definition) is 5. The number of hydrogen-bond donors (Lipinski definition) is 2. The van der Waals surface area contributed by atoms with Crippen LogP contribution >= 0.6 is 15.9 Å². The van der Waals surface area contributed by atoms with Gasteiger partial charge in [-0.2, -0.15) is 0 Å². The molecule has 6 heteroatoms. The van der Waals surface area contributed by atoms with Gasteiger partial charge in [0.05, 0.1) is 5.56 Å². The highest BCUT2D eigenvalue weighted by atomic mass is 79.9. The number of nitrogens with one attached hydrogen (secondary N) is 1. The number of nitrogens with two attached hydrogens (primary N) is 1. The number of carbonyl (C=O) groups excluding carboxylic acids is 1. The van der Waals surface area contributed by atoms with Gasteiger partial charge >= 0.3 is 5.97 Å². The molecule has 2 aromatic rings. The molecule has 5 nitrogen and oxygen atoms in total. The van der Waals surface area contributed by atoms with Crippen LogP contribution < -0.4 is 5.73 Å². The van der Waals surface area contributed by atoms with Gasteiger partial charge in [0.2, 0.25) is 0 Å². The molecule has 0 radical (unpaired) electrons. The van der Waals surface area contributed by atoms with Crippen molar-refractivity contribution in [2.45, 2.75) is 31.8 Å². The maximum Gasteiger partial charge on any atom is 0.338 e. The topological polar surface area (TPSA) is 89.1 Å². The number of carbonyl (C=O) groups is 1. The van der Waals surface area contributed by atoms with Crippen LogP contribution in [0.15, 0.2) is 53.1 Å². The van der Waals surface area contributed by atoms with E-state index in [1.165, 1.54) is 0 Å². The fourth-order valence-corrected chi connectivity index (χ4v) is 2.63. The van der Waals surface area contributed by atoms with Crippen molar-refractivity contribution in [3.63, 3.8) is 0 Å². The molecule has 0 saturated heterocycles. The van der Waals surface area contributed by atoms with Gasteiger partial charge in [0, 0.05) is 5.71 Å². The second kappa shape index (κ2) is 9.17. The van der Waals surface area contributed by atoms with Crippen molar-refractivity contribution >= 4 is 33.4 Å². The molecular weight excluding hydrogens is 370 g/mol. The van der Waals surface area contributed by atoms with E-state index in [1.54, 1.807) is 18.2 Å². The zero-order valence-corrected chi connectivity index (χ0v) is 14.8. The highest BCUT2D eigenvalue weighted by Gasteiger charge is 2.20. The van der Waals surface area contributed by atoms with Crippen molar-refractivity contribution in [2.75, 3.05) is 5.73 Å². The normalized spacial score (nSPS) is 16.7. The highest BCUT2D eigenvalue weighted by Crippen LogP contribution is 2.19. The third kappa shape index (κ3) is 6.12. The third-order valence-corrected chi connectivity index (χ3v) is 4.00. The van der Waals surface area contributed by atoms with Gasteiger partial charge in [-0.3, -0.25) is 0 Å². The smallest absolute Gasteiger partial charge is 0.338 e. The molecule has 0 aliphatic heterocycles. The number of ether oxygens (including phenoxy) is 1. The fourth-order valence-electron chi connectivity index (χ4n) is 2.28. The molecule has 1 aliphatic carbocycles. The van der Waals surface area contributed by atoms with E-state index in [0.29, 0.717) is 11.4 Å². The van der Waals surface area contributed by atoms with Crippen LogP contribution in [0.2, 0.25) is 0 Å². The Balaban J connectivity index is 0.000000219. The Hall–Kier alpha value is -2.21. The minimum absolute atomic E-state index is 0.0122. The number of nitrogen functional groups attached to an aromatic ring is 1. The van der Waals surface area contributed by atoms with Crippen LogP contribution in [0.1, 0.15) is 36.0 Å². The molecule has 24 heavy (non-hydrogen) atoms. The first-order valence-electron chi connectivity index (χ1n) is 7.75. The van der Waals surface area contributed by atoms with Crippen LogP contribution in [0.25, 0.3) is 0 Å². The summed E-state index contributed by atoms with van der Waals surface area (Å²) in [7, 11) is 0. The zero-order chi connectivity index (χ0) is 17.4. The summed E-state index contributed by atoms with van der Waals surface area (Å²) in [5.74, 6) is 0.290. The average Bonchev–Trinajstić information content (AvgIpc) is 2.58. The Morgan fingerprint density at radius 3 is 2.33 bits per heavy atom. The van der Waals surface area contributed by atoms with Gasteiger partial charge in [-0.1, -0.05) is 24.3 Å². The number of halogens is 1. The highest BCUT2D eigenvalue weighted by molar-refractivity contribution is 9.10. The van der Waals surface area contributed by atoms with Gasteiger partial charge in [0.1, 0.15) is 16.5 Å². The molecule has 3 N–H and O–H groups in total. The van der Waals surface area contributed by atoms with Crippen LogP contribution in [0, 0.1) is 5.41 Å². The van der Waals surface area contributed by atoms with Crippen LogP contribution in [0.4, 0.5) is 5.82 Å². The average molecular weight is 390 g/mol. The lowest BCUT2D eigenvalue weighted by atomic mass is 9.96. The predicted octanol–water partition coefficient (Wildman–Crippen LogP) is 4.23. The van der Waals surface area contributed by atoms with Crippen LogP contribution in [0.5, 0.6) is 0 Å². The van der Waals surface area contributed by atoms with Gasteiger partial charge in [-0.15, -0.1) is 0 Å². The minimum atomic E-state index is -0.251. The van der Waals surface area contributed by atoms with Gasteiger partial charge in [-0.05, 0) is 65.9 Å². The first kappa shape index (κ1) is 18.1. The summed E-state index contributed by atoms with van der Waals surface area (Å²) in [6, 6.07) is 14.5. The molecule has 3 rings (SSSR count). The second-order valence-electron chi connectivity index (χ2n) is 5.46. The Labute approximate surface area is 149 Å². The van der Waals surface area contributed by atoms with E-state index in [9.17, 15) is 4.79 Å². The van der Waals surface area contributed by atoms with Crippen molar-refractivity contribution in [1.29, 1.82) is 5.41 Å². The van der Waals surface area contributed by atoms with Gasteiger partial charge in [0.15, 0.2) is 0 Å². The quantitative estimate of drug-likeness (QED) is 0.593. The molecule has 1 aliphatic rings. The van der Waals surface area contributed by atoms with Gasteiger partial charge in [0.25, 0.3) is 0 Å². The molecule has 1 aromatic carbocycles. The van der Waals surface area contributed by atoms with E-state index in [4.69, 9.17) is 15.9 Å². The van der Waals surface area contributed by atoms with Crippen molar-refractivity contribution in [3.05, 3.63) is 58.7 Å². The van der Waals surface area contributed by atoms with Crippen molar-refractivity contribution < 1.29 is 9.53 Å². The Kier molecular flexibility index (Phi) is 6.93. The Bertz CT molecular complexity index is 664. The molecule has 1 aromatic heterocycles. The molecular formula is C18H20BrN3O2. The largest absolute Gasteiger partial charge is 0.459 e. The van der Waals surface area contributed by atoms with E-state index in [1.807, 2.05) is 30.3 Å². The number of rotatable bonds is 2. The molecule has 0 atom stereocenters. The molecule has 126 valence electrons. The molecule has 0 amide bonds. The molecule has 1 fully saturated rings. The molecule has 1 heterocycles. The number of esters is 1. The monoisotopic (exact) mass is 389 g/mol. The van der Waals surface area contributed by atoms with Crippen molar-refractivity contribution in [1.82, 2.24) is 4.98 Å². The molecule has 0 spiro atoms. The first-order valence-corrected chi connectivity index (χ1v) is 8.54. The van der Waals surface area contributed by atoms with Crippen LogP contribution in [-0.2, 0) is 4.74 Å². The molecule has 1 saturated carbocycles. The predicted molar refractivity (Wildman–Crippen MR) is 98.2 cm³/mol. The van der Waals surface area contributed by atoms with Crippen LogP contribution in [-0.4, -0.2) is 22.8 Å². The fraction of sp³-hybridized carbons (Fsp3) is 0.278. The maximum atomic E-state index is 11.7. The summed E-state index contributed by atoms with van der Waals surface area (Å²) in [4.78, 5) is 15.6. The van der Waals surface area contributed by atoms with E-state index in [2.05, 4.69) is 20.9 Å². The van der Waals surface area contributed by atoms with E-state index < -0.39 is 0 Å². The maximum absolute atomic E-state index is 11.7. The lowest BCUT2D eigenvalue weighted by Crippen LogP contribution is -2.24. The number of benzene rings is 1. The Morgan fingerprint density at radius 2 is 1.79 bits per heavy atom. The zero-order valence-electron chi connectivity index (χ0n) is 13.2. The Morgan fingerprint density at radius 1 is 1.12 bits per heavy atom. The van der Waals surface area contributed by atoms with Crippen molar-refractivity contribution in [2.24, 2.45) is 0 Å².